The van der Waals surface area contributed by atoms with E-state index < -0.39 is 6.10 Å². The molecule has 18 heavy (non-hydrogen) atoms. The highest BCUT2D eigenvalue weighted by Crippen LogP contribution is 2.32. The summed E-state index contributed by atoms with van der Waals surface area (Å²) in [6.45, 7) is 2.43. The second kappa shape index (κ2) is 5.67. The molecule has 1 aromatic rings. The highest BCUT2D eigenvalue weighted by Gasteiger charge is 2.26. The van der Waals surface area contributed by atoms with Gasteiger partial charge < -0.3 is 15.1 Å². The summed E-state index contributed by atoms with van der Waals surface area (Å²) >= 11 is 0. The van der Waals surface area contributed by atoms with E-state index in [2.05, 4.69) is 0 Å². The number of aliphatic hydroxyl groups excluding tert-OH is 2. The summed E-state index contributed by atoms with van der Waals surface area (Å²) in [5.74, 6) is -0.384. The smallest absolute Gasteiger partial charge is 0.131 e. The zero-order valence-corrected chi connectivity index (χ0v) is 10.6. The molecule has 100 valence electrons. The zero-order valence-electron chi connectivity index (χ0n) is 10.6. The first-order valence-corrected chi connectivity index (χ1v) is 6.49. The Labute approximate surface area is 107 Å². The Morgan fingerprint density at radius 1 is 1.44 bits per heavy atom. The van der Waals surface area contributed by atoms with E-state index in [4.69, 9.17) is 0 Å². The summed E-state index contributed by atoms with van der Waals surface area (Å²) < 4.78 is 13.8. The minimum atomic E-state index is -0.845. The van der Waals surface area contributed by atoms with Gasteiger partial charge in [-0.05, 0) is 38.3 Å². The highest BCUT2D eigenvalue weighted by molar-refractivity contribution is 5.56. The normalized spacial score (nSPS) is 22.0. The van der Waals surface area contributed by atoms with E-state index in [9.17, 15) is 14.6 Å². The average molecular weight is 253 g/mol. The molecule has 1 fully saturated rings. The van der Waals surface area contributed by atoms with Crippen molar-refractivity contribution in [1.82, 2.24) is 0 Å². The van der Waals surface area contributed by atoms with Gasteiger partial charge in [0.05, 0.1) is 18.8 Å². The maximum atomic E-state index is 13.8. The van der Waals surface area contributed by atoms with Gasteiger partial charge in [-0.15, -0.1) is 0 Å². The van der Waals surface area contributed by atoms with Crippen molar-refractivity contribution in [2.45, 2.75) is 38.3 Å². The van der Waals surface area contributed by atoms with E-state index >= 15 is 0 Å². The first-order chi connectivity index (χ1) is 8.65. The summed E-state index contributed by atoms with van der Waals surface area (Å²) in [6.07, 6.45) is 2.18. The number of rotatable bonds is 3. The van der Waals surface area contributed by atoms with E-state index in [0.29, 0.717) is 11.3 Å². The molecule has 0 aliphatic carbocycles. The molecule has 0 amide bonds. The average Bonchev–Trinajstić information content (AvgIpc) is 2.38. The van der Waals surface area contributed by atoms with Crippen LogP contribution < -0.4 is 4.90 Å². The van der Waals surface area contributed by atoms with Crippen molar-refractivity contribution in [3.63, 3.8) is 0 Å². The van der Waals surface area contributed by atoms with Crippen LogP contribution in [0.1, 0.15) is 37.9 Å². The third-order valence-corrected chi connectivity index (χ3v) is 3.59. The molecule has 1 aliphatic heterocycles. The molecule has 1 aliphatic rings. The van der Waals surface area contributed by atoms with Crippen LogP contribution in [0.25, 0.3) is 0 Å². The third-order valence-electron chi connectivity index (χ3n) is 3.59. The Hall–Kier alpha value is -1.13. The van der Waals surface area contributed by atoms with Crippen molar-refractivity contribution in [3.8, 4) is 0 Å². The number of aliphatic hydroxyl groups is 2. The van der Waals surface area contributed by atoms with Crippen molar-refractivity contribution in [1.29, 1.82) is 0 Å². The first kappa shape index (κ1) is 13.3. The minimum absolute atomic E-state index is 0.0260. The fourth-order valence-corrected chi connectivity index (χ4v) is 2.70. The predicted molar refractivity (Wildman–Crippen MR) is 69.1 cm³/mol. The van der Waals surface area contributed by atoms with Crippen LogP contribution >= 0.6 is 0 Å². The number of hydrogen-bond acceptors (Lipinski definition) is 3. The number of anilines is 1. The predicted octanol–water partition coefficient (Wildman–Crippen LogP) is 2.23. The van der Waals surface area contributed by atoms with E-state index in [-0.39, 0.29) is 18.5 Å². The fourth-order valence-electron chi connectivity index (χ4n) is 2.70. The van der Waals surface area contributed by atoms with Gasteiger partial charge in [-0.25, -0.2) is 4.39 Å². The second-order valence-corrected chi connectivity index (χ2v) is 4.87. The van der Waals surface area contributed by atoms with Gasteiger partial charge in [0.2, 0.25) is 0 Å². The second-order valence-electron chi connectivity index (χ2n) is 4.87. The van der Waals surface area contributed by atoms with Crippen LogP contribution in [-0.4, -0.2) is 29.4 Å². The SMILES string of the molecule is C[C@@H](O)c1c(F)cccc1N1CCCCC1CO. The Morgan fingerprint density at radius 3 is 2.89 bits per heavy atom. The molecule has 0 bridgehead atoms. The maximum Gasteiger partial charge on any atom is 0.131 e. The molecule has 1 heterocycles. The van der Waals surface area contributed by atoms with E-state index in [0.717, 1.165) is 25.8 Å². The third kappa shape index (κ3) is 2.49. The number of halogens is 1. The van der Waals surface area contributed by atoms with Crippen molar-refractivity contribution in [2.24, 2.45) is 0 Å². The van der Waals surface area contributed by atoms with Crippen LogP contribution in [0.2, 0.25) is 0 Å². The van der Waals surface area contributed by atoms with Crippen molar-refractivity contribution in [2.75, 3.05) is 18.1 Å². The van der Waals surface area contributed by atoms with Crippen LogP contribution in [0.4, 0.5) is 10.1 Å². The van der Waals surface area contributed by atoms with Gasteiger partial charge in [0, 0.05) is 17.8 Å². The fraction of sp³-hybridized carbons (Fsp3) is 0.571. The number of nitrogens with zero attached hydrogens (tertiary/aromatic N) is 1. The van der Waals surface area contributed by atoms with Crippen LogP contribution in [0.3, 0.4) is 0 Å². The molecular formula is C14H20FNO2. The van der Waals surface area contributed by atoms with Gasteiger partial charge in [-0.1, -0.05) is 6.07 Å². The van der Waals surface area contributed by atoms with E-state index in [1.165, 1.54) is 6.07 Å². The van der Waals surface area contributed by atoms with Gasteiger partial charge in [-0.3, -0.25) is 0 Å². The molecule has 1 saturated heterocycles. The lowest BCUT2D eigenvalue weighted by atomic mass is 9.98. The zero-order chi connectivity index (χ0) is 13.1. The minimum Gasteiger partial charge on any atom is -0.394 e. The standard InChI is InChI=1S/C14H20FNO2/c1-10(18)14-12(15)6-4-7-13(14)16-8-3-2-5-11(16)9-17/h4,6-7,10-11,17-18H,2-3,5,8-9H2,1H3/t10-,11?/m1/s1. The quantitative estimate of drug-likeness (QED) is 0.868. The molecule has 1 unspecified atom stereocenters. The molecule has 0 aromatic heterocycles. The molecule has 0 spiro atoms. The largest absolute Gasteiger partial charge is 0.394 e. The Morgan fingerprint density at radius 2 is 2.22 bits per heavy atom. The monoisotopic (exact) mass is 253 g/mol. The Balaban J connectivity index is 2.39. The summed E-state index contributed by atoms with van der Waals surface area (Å²) in [6, 6.07) is 4.86. The van der Waals surface area contributed by atoms with Gasteiger partial charge in [0.15, 0.2) is 0 Å². The summed E-state index contributed by atoms with van der Waals surface area (Å²) in [5.41, 5.74) is 1.04. The lowest BCUT2D eigenvalue weighted by molar-refractivity contribution is 0.193. The Kier molecular flexibility index (Phi) is 4.19. The van der Waals surface area contributed by atoms with Gasteiger partial charge >= 0.3 is 0 Å². The molecule has 4 heteroatoms. The molecule has 2 N–H and O–H groups in total. The van der Waals surface area contributed by atoms with Crippen LogP contribution in [0.15, 0.2) is 18.2 Å². The van der Waals surface area contributed by atoms with Gasteiger partial charge in [0.25, 0.3) is 0 Å². The lowest BCUT2D eigenvalue weighted by Gasteiger charge is -2.38. The van der Waals surface area contributed by atoms with E-state index in [1.807, 2.05) is 11.0 Å². The van der Waals surface area contributed by atoms with Crippen molar-refractivity contribution in [3.05, 3.63) is 29.6 Å². The molecular weight excluding hydrogens is 233 g/mol. The molecule has 0 saturated carbocycles. The summed E-state index contributed by atoms with van der Waals surface area (Å²) in [4.78, 5) is 2.02. The summed E-state index contributed by atoms with van der Waals surface area (Å²) in [5, 5.41) is 19.2. The number of benzene rings is 1. The molecule has 1 aromatic carbocycles. The summed E-state index contributed by atoms with van der Waals surface area (Å²) in [7, 11) is 0. The van der Waals surface area contributed by atoms with Gasteiger partial charge in [-0.2, -0.15) is 0 Å². The number of piperidine rings is 1. The molecule has 2 atom stereocenters. The first-order valence-electron chi connectivity index (χ1n) is 6.49. The Bertz CT molecular complexity index is 409. The number of hydrogen-bond donors (Lipinski definition) is 2. The van der Waals surface area contributed by atoms with E-state index in [1.54, 1.807) is 13.0 Å². The molecule has 2 rings (SSSR count). The van der Waals surface area contributed by atoms with Crippen LogP contribution in [0.5, 0.6) is 0 Å². The van der Waals surface area contributed by atoms with Crippen LogP contribution in [-0.2, 0) is 0 Å². The van der Waals surface area contributed by atoms with Crippen molar-refractivity contribution < 1.29 is 14.6 Å². The van der Waals surface area contributed by atoms with Gasteiger partial charge in [0.1, 0.15) is 5.82 Å². The molecule has 0 radical (unpaired) electrons. The lowest BCUT2D eigenvalue weighted by Crippen LogP contribution is -2.42. The van der Waals surface area contributed by atoms with Crippen molar-refractivity contribution >= 4 is 5.69 Å². The maximum absolute atomic E-state index is 13.8. The topological polar surface area (TPSA) is 43.7 Å². The van der Waals surface area contributed by atoms with Crippen LogP contribution in [0, 0.1) is 5.82 Å². The highest BCUT2D eigenvalue weighted by atomic mass is 19.1. The molecule has 3 nitrogen and oxygen atoms in total.